The van der Waals surface area contributed by atoms with Crippen LogP contribution in [0.15, 0.2) is 9.99 Å². The molecule has 0 saturated heterocycles. The van der Waals surface area contributed by atoms with Gasteiger partial charge in [-0.1, -0.05) is 17.4 Å². The molecule has 1 aliphatic rings. The zero-order chi connectivity index (χ0) is 14.0. The summed E-state index contributed by atoms with van der Waals surface area (Å²) in [5.74, 6) is 0. The highest BCUT2D eigenvalue weighted by Gasteiger charge is 2.24. The Bertz CT molecular complexity index is 507. The summed E-state index contributed by atoms with van der Waals surface area (Å²) in [6.07, 6.45) is 2.53. The molecule has 1 amide bonds. The van der Waals surface area contributed by atoms with Crippen molar-refractivity contribution in [1.29, 1.82) is 0 Å². The van der Waals surface area contributed by atoms with Crippen LogP contribution in [0.3, 0.4) is 0 Å². The molecule has 0 saturated carbocycles. The van der Waals surface area contributed by atoms with Gasteiger partial charge in [0.2, 0.25) is 0 Å². The zero-order valence-corrected chi connectivity index (χ0v) is 13.5. The number of carbonyl (C=O) groups excluding carboxylic acids is 1. The maximum atomic E-state index is 11.9. The quantitative estimate of drug-likeness (QED) is 0.783. The van der Waals surface area contributed by atoms with Gasteiger partial charge in [0.25, 0.3) is 0 Å². The van der Waals surface area contributed by atoms with E-state index < -0.39 is 5.60 Å². The Labute approximate surface area is 124 Å². The van der Waals surface area contributed by atoms with Gasteiger partial charge in [0.15, 0.2) is 3.92 Å². The predicted molar refractivity (Wildman–Crippen MR) is 78.0 cm³/mol. The van der Waals surface area contributed by atoms with Crippen LogP contribution in [0.2, 0.25) is 0 Å². The molecule has 7 heteroatoms. The minimum absolute atomic E-state index is 0.263. The van der Waals surface area contributed by atoms with Gasteiger partial charge in [0.05, 0.1) is 0 Å². The maximum absolute atomic E-state index is 11.9. The Morgan fingerprint density at radius 2 is 2.21 bits per heavy atom. The lowest BCUT2D eigenvalue weighted by atomic mass is 10.1. The lowest BCUT2D eigenvalue weighted by Gasteiger charge is -2.29. The number of nitrogens with zero attached hydrogens (tertiary/aromatic N) is 3. The van der Waals surface area contributed by atoms with Crippen molar-refractivity contribution in [2.75, 3.05) is 13.1 Å². The van der Waals surface area contributed by atoms with E-state index in [0.29, 0.717) is 13.1 Å². The van der Waals surface area contributed by atoms with Crippen LogP contribution in [0.4, 0.5) is 4.79 Å². The van der Waals surface area contributed by atoms with Crippen molar-refractivity contribution in [3.63, 3.8) is 0 Å². The first-order chi connectivity index (χ1) is 8.85. The summed E-state index contributed by atoms with van der Waals surface area (Å²) < 4.78 is 6.12. The standard InChI is InChI=1S/C12H16BrN3O2S/c1-12(2,3)18-11(17)16-6-4-8(5-7-16)9-14-15-10(13)19-9/h4H,5-7H2,1-3H3. The second kappa shape index (κ2) is 5.58. The number of halogens is 1. The Morgan fingerprint density at radius 1 is 1.47 bits per heavy atom. The van der Waals surface area contributed by atoms with Crippen LogP contribution >= 0.6 is 27.3 Å². The molecule has 0 aromatic carbocycles. The van der Waals surface area contributed by atoms with Gasteiger partial charge in [0.1, 0.15) is 10.6 Å². The average molecular weight is 346 g/mol. The molecule has 2 rings (SSSR count). The van der Waals surface area contributed by atoms with E-state index in [-0.39, 0.29) is 6.09 Å². The fourth-order valence-corrected chi connectivity index (χ4v) is 2.87. The minimum atomic E-state index is -0.453. The van der Waals surface area contributed by atoms with Crippen molar-refractivity contribution < 1.29 is 9.53 Å². The number of carbonyl (C=O) groups is 1. The molecular formula is C12H16BrN3O2S. The minimum Gasteiger partial charge on any atom is -0.444 e. The number of amides is 1. The lowest BCUT2D eigenvalue weighted by Crippen LogP contribution is -2.39. The van der Waals surface area contributed by atoms with E-state index in [2.05, 4.69) is 26.1 Å². The van der Waals surface area contributed by atoms with E-state index in [1.807, 2.05) is 26.8 Å². The van der Waals surface area contributed by atoms with Crippen LogP contribution in [0, 0.1) is 0 Å². The van der Waals surface area contributed by atoms with Crippen molar-refractivity contribution in [3.05, 3.63) is 15.0 Å². The summed E-state index contributed by atoms with van der Waals surface area (Å²) in [7, 11) is 0. The van der Waals surface area contributed by atoms with E-state index in [4.69, 9.17) is 4.74 Å². The molecule has 2 heterocycles. The molecular weight excluding hydrogens is 330 g/mol. The monoisotopic (exact) mass is 345 g/mol. The van der Waals surface area contributed by atoms with Crippen LogP contribution in [0.5, 0.6) is 0 Å². The van der Waals surface area contributed by atoms with Crippen molar-refractivity contribution in [3.8, 4) is 0 Å². The molecule has 0 unspecified atom stereocenters. The number of aromatic nitrogens is 2. The number of ether oxygens (including phenoxy) is 1. The Balaban J connectivity index is 1.98. The van der Waals surface area contributed by atoms with Crippen LogP contribution in [0.1, 0.15) is 32.2 Å². The predicted octanol–water partition coefficient (Wildman–Crippen LogP) is 3.32. The van der Waals surface area contributed by atoms with Crippen LogP contribution < -0.4 is 0 Å². The molecule has 1 aromatic rings. The molecule has 1 aliphatic heterocycles. The fraction of sp³-hybridized carbons (Fsp3) is 0.583. The van der Waals surface area contributed by atoms with Gasteiger partial charge < -0.3 is 9.64 Å². The number of hydrogen-bond acceptors (Lipinski definition) is 5. The summed E-state index contributed by atoms with van der Waals surface area (Å²) in [5, 5.41) is 8.93. The molecule has 0 spiro atoms. The molecule has 0 fully saturated rings. The first-order valence-corrected chi connectivity index (χ1v) is 7.62. The summed E-state index contributed by atoms with van der Waals surface area (Å²) >= 11 is 4.81. The van der Waals surface area contributed by atoms with Gasteiger partial charge in [-0.15, -0.1) is 10.2 Å². The second-order valence-electron chi connectivity index (χ2n) is 5.27. The first-order valence-electron chi connectivity index (χ1n) is 6.01. The van der Waals surface area contributed by atoms with Gasteiger partial charge in [-0.2, -0.15) is 0 Å². The third-order valence-corrected chi connectivity index (χ3v) is 3.97. The van der Waals surface area contributed by atoms with E-state index in [0.717, 1.165) is 20.9 Å². The largest absolute Gasteiger partial charge is 0.444 e. The SMILES string of the molecule is CC(C)(C)OC(=O)N1CC=C(c2nnc(Br)s2)CC1. The van der Waals surface area contributed by atoms with Gasteiger partial charge in [-0.3, -0.25) is 0 Å². The third-order valence-electron chi connectivity index (χ3n) is 2.54. The van der Waals surface area contributed by atoms with E-state index >= 15 is 0 Å². The van der Waals surface area contributed by atoms with Gasteiger partial charge >= 0.3 is 6.09 Å². The molecule has 1 aromatic heterocycles. The molecule has 0 radical (unpaired) electrons. The Morgan fingerprint density at radius 3 is 2.68 bits per heavy atom. The average Bonchev–Trinajstić information content (AvgIpc) is 2.74. The van der Waals surface area contributed by atoms with Gasteiger partial charge in [-0.25, -0.2) is 4.79 Å². The number of rotatable bonds is 1. The van der Waals surface area contributed by atoms with E-state index in [9.17, 15) is 4.79 Å². The van der Waals surface area contributed by atoms with Crippen LogP contribution in [-0.4, -0.2) is 39.9 Å². The molecule has 0 N–H and O–H groups in total. The summed E-state index contributed by atoms with van der Waals surface area (Å²) in [5.41, 5.74) is 0.688. The highest BCUT2D eigenvalue weighted by molar-refractivity contribution is 9.11. The lowest BCUT2D eigenvalue weighted by molar-refractivity contribution is 0.0270. The zero-order valence-electron chi connectivity index (χ0n) is 11.1. The fourth-order valence-electron chi connectivity index (χ4n) is 1.69. The Hall–Kier alpha value is -0.950. The molecule has 5 nitrogen and oxygen atoms in total. The Kier molecular flexibility index (Phi) is 4.25. The van der Waals surface area contributed by atoms with Gasteiger partial charge in [0, 0.05) is 13.1 Å². The highest BCUT2D eigenvalue weighted by Crippen LogP contribution is 2.27. The third kappa shape index (κ3) is 4.01. The molecule has 0 aliphatic carbocycles. The topological polar surface area (TPSA) is 55.3 Å². The first kappa shape index (κ1) is 14.5. The van der Waals surface area contributed by atoms with Crippen LogP contribution in [-0.2, 0) is 4.74 Å². The smallest absolute Gasteiger partial charge is 0.410 e. The molecule has 19 heavy (non-hydrogen) atoms. The number of hydrogen-bond donors (Lipinski definition) is 0. The summed E-state index contributed by atoms with van der Waals surface area (Å²) in [6.45, 7) is 6.82. The summed E-state index contributed by atoms with van der Waals surface area (Å²) in [4.78, 5) is 13.6. The maximum Gasteiger partial charge on any atom is 0.410 e. The normalized spacial score (nSPS) is 16.2. The summed E-state index contributed by atoms with van der Waals surface area (Å²) in [6, 6.07) is 0. The molecule has 0 bridgehead atoms. The van der Waals surface area contributed by atoms with E-state index in [1.54, 1.807) is 4.90 Å². The highest BCUT2D eigenvalue weighted by atomic mass is 79.9. The van der Waals surface area contributed by atoms with Crippen molar-refractivity contribution >= 4 is 38.9 Å². The molecule has 0 atom stereocenters. The van der Waals surface area contributed by atoms with Crippen molar-refractivity contribution in [2.45, 2.75) is 32.8 Å². The van der Waals surface area contributed by atoms with Gasteiger partial charge in [-0.05, 0) is 48.7 Å². The molecule has 104 valence electrons. The second-order valence-corrected chi connectivity index (χ2v) is 7.52. The van der Waals surface area contributed by atoms with Crippen molar-refractivity contribution in [2.24, 2.45) is 0 Å². The van der Waals surface area contributed by atoms with Crippen molar-refractivity contribution in [1.82, 2.24) is 15.1 Å². The van der Waals surface area contributed by atoms with E-state index in [1.165, 1.54) is 11.3 Å². The van der Waals surface area contributed by atoms with Crippen LogP contribution in [0.25, 0.3) is 5.57 Å².